The van der Waals surface area contributed by atoms with Gasteiger partial charge in [-0.1, -0.05) is 12.1 Å². The monoisotopic (exact) mass is 374 g/mol. The second-order valence-corrected chi connectivity index (χ2v) is 7.95. The molecule has 0 unspecified atom stereocenters. The smallest absolute Gasteiger partial charge is 0.318 e. The molecular weight excluding hydrogens is 351 g/mol. The standard InChI is InChI=1S/C20H23FN2O2S/c1-13-16-9-12-26-18(16)8-10-23(13)20(24)22-19(17-3-2-11-25-17)14-4-6-15(21)7-5-14/h4-7,9,12-13,17,19H,2-3,8,10-11H2,1H3,(H,22,24)/t13-,17-,19+/m1/s1. The van der Waals surface area contributed by atoms with Gasteiger partial charge >= 0.3 is 6.03 Å². The Morgan fingerprint density at radius 2 is 2.15 bits per heavy atom. The number of carbonyl (C=O) groups is 1. The third-order valence-electron chi connectivity index (χ3n) is 5.38. The van der Waals surface area contributed by atoms with E-state index in [1.54, 1.807) is 23.5 Å². The van der Waals surface area contributed by atoms with Gasteiger partial charge in [0.05, 0.1) is 18.2 Å². The largest absolute Gasteiger partial charge is 0.376 e. The van der Waals surface area contributed by atoms with Crippen LogP contribution in [0.1, 0.15) is 47.9 Å². The zero-order chi connectivity index (χ0) is 18.1. The number of thiophene rings is 1. The molecule has 0 bridgehead atoms. The minimum Gasteiger partial charge on any atom is -0.376 e. The molecule has 0 radical (unpaired) electrons. The van der Waals surface area contributed by atoms with Crippen LogP contribution in [0.25, 0.3) is 0 Å². The van der Waals surface area contributed by atoms with Gasteiger partial charge in [0.15, 0.2) is 0 Å². The molecule has 4 nitrogen and oxygen atoms in total. The molecule has 6 heteroatoms. The van der Waals surface area contributed by atoms with Crippen molar-refractivity contribution in [1.82, 2.24) is 10.2 Å². The SMILES string of the molecule is C[C@@H]1c2ccsc2CCN1C(=O)N[C@@H](c1ccc(F)cc1)[C@H]1CCCO1. The fourth-order valence-corrected chi connectivity index (χ4v) is 4.89. The maximum atomic E-state index is 13.3. The van der Waals surface area contributed by atoms with Crippen LogP contribution in [0, 0.1) is 5.82 Å². The molecule has 0 saturated carbocycles. The van der Waals surface area contributed by atoms with Crippen molar-refractivity contribution in [3.8, 4) is 0 Å². The van der Waals surface area contributed by atoms with Gasteiger partial charge in [0, 0.05) is 18.0 Å². The van der Waals surface area contributed by atoms with Crippen LogP contribution in [0.3, 0.4) is 0 Å². The van der Waals surface area contributed by atoms with Crippen LogP contribution in [0.4, 0.5) is 9.18 Å². The van der Waals surface area contributed by atoms with Gasteiger partial charge in [-0.15, -0.1) is 11.3 Å². The van der Waals surface area contributed by atoms with Crippen LogP contribution in [0.15, 0.2) is 35.7 Å². The Hall–Kier alpha value is -1.92. The van der Waals surface area contributed by atoms with Crippen molar-refractivity contribution in [3.05, 3.63) is 57.5 Å². The molecule has 3 atom stereocenters. The third kappa shape index (κ3) is 3.35. The molecule has 1 N–H and O–H groups in total. The molecule has 26 heavy (non-hydrogen) atoms. The van der Waals surface area contributed by atoms with Gasteiger partial charge in [-0.2, -0.15) is 0 Å². The molecule has 2 aliphatic rings. The van der Waals surface area contributed by atoms with E-state index in [-0.39, 0.29) is 30.0 Å². The molecule has 1 aromatic carbocycles. The highest BCUT2D eigenvalue weighted by Crippen LogP contribution is 2.34. The molecule has 2 aliphatic heterocycles. The Morgan fingerprint density at radius 3 is 2.88 bits per heavy atom. The molecule has 3 heterocycles. The molecule has 2 aromatic rings. The summed E-state index contributed by atoms with van der Waals surface area (Å²) in [6.45, 7) is 3.49. The highest BCUT2D eigenvalue weighted by Gasteiger charge is 2.33. The Kier molecular flexibility index (Phi) is 4.96. The van der Waals surface area contributed by atoms with Crippen molar-refractivity contribution in [1.29, 1.82) is 0 Å². The summed E-state index contributed by atoms with van der Waals surface area (Å²) in [6.07, 6.45) is 2.70. The fraction of sp³-hybridized carbons (Fsp3) is 0.450. The number of urea groups is 1. The Bertz CT molecular complexity index is 770. The Labute approximate surface area is 157 Å². The average Bonchev–Trinajstić information content (AvgIpc) is 3.33. The summed E-state index contributed by atoms with van der Waals surface area (Å²) < 4.78 is 19.1. The summed E-state index contributed by atoms with van der Waals surface area (Å²) in [7, 11) is 0. The molecule has 4 rings (SSSR count). The molecule has 0 aliphatic carbocycles. The maximum Gasteiger partial charge on any atom is 0.318 e. The van der Waals surface area contributed by atoms with Crippen molar-refractivity contribution in [3.63, 3.8) is 0 Å². The van der Waals surface area contributed by atoms with Crippen molar-refractivity contribution in [2.24, 2.45) is 0 Å². The van der Waals surface area contributed by atoms with E-state index in [2.05, 4.69) is 23.7 Å². The number of halogens is 1. The van der Waals surface area contributed by atoms with Crippen molar-refractivity contribution in [2.45, 2.75) is 44.4 Å². The minimum atomic E-state index is -0.277. The minimum absolute atomic E-state index is 0.0587. The van der Waals surface area contributed by atoms with Crippen LogP contribution in [0.5, 0.6) is 0 Å². The summed E-state index contributed by atoms with van der Waals surface area (Å²) in [4.78, 5) is 16.3. The number of benzene rings is 1. The molecule has 0 spiro atoms. The Morgan fingerprint density at radius 1 is 1.35 bits per heavy atom. The summed E-state index contributed by atoms with van der Waals surface area (Å²) in [5, 5.41) is 5.25. The first-order chi connectivity index (χ1) is 12.6. The molecule has 138 valence electrons. The van der Waals surface area contributed by atoms with Gasteiger partial charge in [-0.3, -0.25) is 0 Å². The van der Waals surface area contributed by atoms with E-state index in [9.17, 15) is 9.18 Å². The number of ether oxygens (including phenoxy) is 1. The van der Waals surface area contributed by atoms with Crippen LogP contribution >= 0.6 is 11.3 Å². The predicted octanol–water partition coefficient (Wildman–Crippen LogP) is 4.44. The maximum absolute atomic E-state index is 13.3. The first-order valence-corrected chi connectivity index (χ1v) is 10.0. The van der Waals surface area contributed by atoms with Crippen LogP contribution in [0.2, 0.25) is 0 Å². The van der Waals surface area contributed by atoms with Gasteiger partial charge in [0.1, 0.15) is 5.82 Å². The van der Waals surface area contributed by atoms with Crippen LogP contribution in [-0.2, 0) is 11.2 Å². The first-order valence-electron chi connectivity index (χ1n) is 9.14. The first kappa shape index (κ1) is 17.5. The highest BCUT2D eigenvalue weighted by atomic mass is 32.1. The molecule has 2 amide bonds. The van der Waals surface area contributed by atoms with Gasteiger partial charge in [0.2, 0.25) is 0 Å². The second kappa shape index (κ2) is 7.37. The van der Waals surface area contributed by atoms with E-state index < -0.39 is 0 Å². The van der Waals surface area contributed by atoms with Gasteiger partial charge in [-0.25, -0.2) is 9.18 Å². The zero-order valence-electron chi connectivity index (χ0n) is 14.8. The number of nitrogens with zero attached hydrogens (tertiary/aromatic N) is 1. The third-order valence-corrected chi connectivity index (χ3v) is 6.38. The number of hydrogen-bond donors (Lipinski definition) is 1. The number of fused-ring (bicyclic) bond motifs is 1. The van der Waals surface area contributed by atoms with E-state index in [1.165, 1.54) is 22.6 Å². The summed E-state index contributed by atoms with van der Waals surface area (Å²) in [5.74, 6) is -0.277. The summed E-state index contributed by atoms with van der Waals surface area (Å²) in [6, 6.07) is 8.16. The summed E-state index contributed by atoms with van der Waals surface area (Å²) in [5.41, 5.74) is 2.12. The number of carbonyl (C=O) groups excluding carboxylic acids is 1. The molecule has 1 fully saturated rings. The van der Waals surface area contributed by atoms with Crippen molar-refractivity contribution < 1.29 is 13.9 Å². The molecule has 1 aromatic heterocycles. The normalized spacial score (nSPS) is 23.5. The highest BCUT2D eigenvalue weighted by molar-refractivity contribution is 7.10. The van der Waals surface area contributed by atoms with Crippen molar-refractivity contribution in [2.75, 3.05) is 13.2 Å². The van der Waals surface area contributed by atoms with Gasteiger partial charge < -0.3 is 15.0 Å². The topological polar surface area (TPSA) is 41.6 Å². The van der Waals surface area contributed by atoms with Crippen LogP contribution in [-0.4, -0.2) is 30.2 Å². The lowest BCUT2D eigenvalue weighted by Crippen LogP contribution is -2.47. The Balaban J connectivity index is 1.53. The lowest BCUT2D eigenvalue weighted by atomic mass is 9.98. The zero-order valence-corrected chi connectivity index (χ0v) is 15.6. The quantitative estimate of drug-likeness (QED) is 0.863. The molecule has 1 saturated heterocycles. The average molecular weight is 374 g/mol. The van der Waals surface area contributed by atoms with E-state index in [0.29, 0.717) is 13.2 Å². The van der Waals surface area contributed by atoms with Crippen molar-refractivity contribution >= 4 is 17.4 Å². The number of hydrogen-bond acceptors (Lipinski definition) is 3. The molecular formula is C20H23FN2O2S. The lowest BCUT2D eigenvalue weighted by molar-refractivity contribution is 0.0764. The lowest BCUT2D eigenvalue weighted by Gasteiger charge is -2.36. The fourth-order valence-electron chi connectivity index (χ4n) is 3.93. The van der Waals surface area contributed by atoms with Gasteiger partial charge in [0.25, 0.3) is 0 Å². The predicted molar refractivity (Wildman–Crippen MR) is 99.8 cm³/mol. The van der Waals surface area contributed by atoms with Gasteiger partial charge in [-0.05, 0) is 60.9 Å². The van der Waals surface area contributed by atoms with E-state index in [1.807, 2.05) is 4.90 Å². The number of nitrogens with one attached hydrogen (secondary N) is 1. The van der Waals surface area contributed by atoms with E-state index in [4.69, 9.17) is 4.74 Å². The van der Waals surface area contributed by atoms with Crippen LogP contribution < -0.4 is 5.32 Å². The number of rotatable bonds is 3. The summed E-state index contributed by atoms with van der Waals surface area (Å²) >= 11 is 1.76. The number of amides is 2. The van der Waals surface area contributed by atoms with E-state index >= 15 is 0 Å². The second-order valence-electron chi connectivity index (χ2n) is 6.95. The van der Waals surface area contributed by atoms with E-state index in [0.717, 1.165) is 24.8 Å².